The lowest BCUT2D eigenvalue weighted by atomic mass is 10.1. The van der Waals surface area contributed by atoms with Gasteiger partial charge in [0, 0.05) is 17.6 Å². The quantitative estimate of drug-likeness (QED) is 0.736. The molecule has 5 nitrogen and oxygen atoms in total. The number of carbonyl (C=O) groups is 2. The Kier molecular flexibility index (Phi) is 4.70. The zero-order valence-electron chi connectivity index (χ0n) is 13.1. The summed E-state index contributed by atoms with van der Waals surface area (Å²) < 4.78 is 6.58. The minimum absolute atomic E-state index is 0.234. The number of carboxylic acids is 1. The predicted octanol–water partition coefficient (Wildman–Crippen LogP) is 4.27. The molecular weight excluding hydrogens is 365 g/mol. The molecule has 0 fully saturated rings. The third kappa shape index (κ3) is 3.21. The summed E-state index contributed by atoms with van der Waals surface area (Å²) in [4.78, 5) is 24.1. The molecule has 0 aliphatic carbocycles. The van der Waals surface area contributed by atoms with Crippen LogP contribution in [0, 0.1) is 0 Å². The summed E-state index contributed by atoms with van der Waals surface area (Å²) >= 11 is 12.3. The van der Waals surface area contributed by atoms with Crippen LogP contribution in [0.5, 0.6) is 5.75 Å². The van der Waals surface area contributed by atoms with Crippen molar-refractivity contribution in [3.8, 4) is 5.75 Å². The fraction of sp³-hybridized carbons (Fsp3) is 0.111. The first-order chi connectivity index (χ1) is 11.9. The molecule has 128 valence electrons. The van der Waals surface area contributed by atoms with Crippen LogP contribution in [0.15, 0.2) is 42.6 Å². The fourth-order valence-corrected chi connectivity index (χ4v) is 3.14. The number of aromatic nitrogens is 1. The van der Waals surface area contributed by atoms with E-state index in [0.29, 0.717) is 37.8 Å². The maximum Gasteiger partial charge on any atom is 0.307 e. The van der Waals surface area contributed by atoms with E-state index in [9.17, 15) is 9.59 Å². The summed E-state index contributed by atoms with van der Waals surface area (Å²) in [5.41, 5.74) is 1.30. The van der Waals surface area contributed by atoms with Crippen LogP contribution in [-0.2, 0) is 11.2 Å². The molecule has 3 aromatic rings. The molecule has 0 spiro atoms. The molecule has 7 heteroatoms. The van der Waals surface area contributed by atoms with Crippen LogP contribution in [0.1, 0.15) is 15.9 Å². The number of rotatable bonds is 4. The highest BCUT2D eigenvalue weighted by atomic mass is 35.5. The van der Waals surface area contributed by atoms with Gasteiger partial charge in [0.25, 0.3) is 5.91 Å². The number of hydrogen-bond donors (Lipinski definition) is 1. The van der Waals surface area contributed by atoms with E-state index in [2.05, 4.69) is 0 Å². The first-order valence-corrected chi connectivity index (χ1v) is 8.06. The summed E-state index contributed by atoms with van der Waals surface area (Å²) in [6.07, 6.45) is 1.27. The van der Waals surface area contributed by atoms with Crippen molar-refractivity contribution < 1.29 is 19.4 Å². The van der Waals surface area contributed by atoms with Crippen molar-refractivity contribution >= 4 is 46.0 Å². The maximum absolute atomic E-state index is 12.9. The van der Waals surface area contributed by atoms with E-state index >= 15 is 0 Å². The standard InChI is InChI=1S/C18H13Cl2NO4/c1-25-16-8-15-12(7-14(16)20)10(6-17(22)23)9-21(15)18(24)11-4-2-3-5-13(11)19/h2-5,7-9H,6H2,1H3,(H,22,23). The van der Waals surface area contributed by atoms with Gasteiger partial charge in [-0.2, -0.15) is 0 Å². The number of hydrogen-bond acceptors (Lipinski definition) is 3. The highest BCUT2D eigenvalue weighted by molar-refractivity contribution is 6.34. The Hall–Kier alpha value is -2.50. The molecule has 3 rings (SSSR count). The molecule has 0 unspecified atom stereocenters. The second-order valence-corrected chi connectivity index (χ2v) is 6.20. The number of fused-ring (bicyclic) bond motifs is 1. The molecule has 0 saturated heterocycles. The normalized spacial score (nSPS) is 10.8. The molecular formula is C18H13Cl2NO4. The molecule has 25 heavy (non-hydrogen) atoms. The minimum atomic E-state index is -1.00. The molecule has 0 bridgehead atoms. The average molecular weight is 378 g/mol. The van der Waals surface area contributed by atoms with Crippen molar-refractivity contribution in [2.75, 3.05) is 7.11 Å². The van der Waals surface area contributed by atoms with Crippen LogP contribution in [0.3, 0.4) is 0 Å². The Morgan fingerprint density at radius 1 is 1.16 bits per heavy atom. The molecule has 0 radical (unpaired) electrons. The number of carboxylic acid groups (broad SMARTS) is 1. The van der Waals surface area contributed by atoms with Gasteiger partial charge in [0.1, 0.15) is 5.75 Å². The van der Waals surface area contributed by atoms with Gasteiger partial charge in [-0.1, -0.05) is 35.3 Å². The fourth-order valence-electron chi connectivity index (χ4n) is 2.69. The van der Waals surface area contributed by atoms with E-state index in [0.717, 1.165) is 0 Å². The monoisotopic (exact) mass is 377 g/mol. The summed E-state index contributed by atoms with van der Waals surface area (Å²) in [5.74, 6) is -0.977. The second-order valence-electron chi connectivity index (χ2n) is 5.38. The number of carbonyl (C=O) groups excluding carboxylic acids is 1. The summed E-state index contributed by atoms with van der Waals surface area (Å²) in [6, 6.07) is 9.88. The Morgan fingerprint density at radius 3 is 2.52 bits per heavy atom. The van der Waals surface area contributed by atoms with E-state index in [1.807, 2.05) is 0 Å². The van der Waals surface area contributed by atoms with Crippen LogP contribution in [-0.4, -0.2) is 28.7 Å². The van der Waals surface area contributed by atoms with Gasteiger partial charge in [0.2, 0.25) is 0 Å². The van der Waals surface area contributed by atoms with E-state index in [4.69, 9.17) is 33.0 Å². The third-order valence-corrected chi connectivity index (χ3v) is 4.45. The van der Waals surface area contributed by atoms with Crippen LogP contribution < -0.4 is 4.74 Å². The lowest BCUT2D eigenvalue weighted by molar-refractivity contribution is -0.136. The number of benzene rings is 2. The van der Waals surface area contributed by atoms with Crippen molar-refractivity contribution in [3.05, 3.63) is 63.8 Å². The molecule has 2 aromatic carbocycles. The highest BCUT2D eigenvalue weighted by Crippen LogP contribution is 2.33. The van der Waals surface area contributed by atoms with Crippen LogP contribution in [0.4, 0.5) is 0 Å². The Labute approximate surface area is 153 Å². The number of nitrogens with zero attached hydrogens (tertiary/aromatic N) is 1. The maximum atomic E-state index is 12.9. The number of halogens is 2. The van der Waals surface area contributed by atoms with E-state index in [1.54, 1.807) is 36.4 Å². The minimum Gasteiger partial charge on any atom is -0.495 e. The molecule has 0 aliphatic rings. The smallest absolute Gasteiger partial charge is 0.307 e. The molecule has 0 aliphatic heterocycles. The SMILES string of the molecule is COc1cc2c(cc1Cl)c(CC(=O)O)cn2C(=O)c1ccccc1Cl. The summed E-state index contributed by atoms with van der Waals surface area (Å²) in [7, 11) is 1.47. The number of aliphatic carboxylic acids is 1. The van der Waals surface area contributed by atoms with E-state index in [-0.39, 0.29) is 12.3 Å². The predicted molar refractivity (Wildman–Crippen MR) is 96.0 cm³/mol. The van der Waals surface area contributed by atoms with Gasteiger partial charge in [-0.05, 0) is 23.8 Å². The van der Waals surface area contributed by atoms with E-state index in [1.165, 1.54) is 17.9 Å². The Morgan fingerprint density at radius 2 is 1.88 bits per heavy atom. The number of methoxy groups -OCH3 is 1. The highest BCUT2D eigenvalue weighted by Gasteiger charge is 2.20. The Balaban J connectivity index is 2.25. The van der Waals surface area contributed by atoms with Crippen molar-refractivity contribution in [1.82, 2.24) is 4.57 Å². The largest absolute Gasteiger partial charge is 0.495 e. The molecule has 1 aromatic heterocycles. The van der Waals surface area contributed by atoms with Gasteiger partial charge < -0.3 is 9.84 Å². The van der Waals surface area contributed by atoms with E-state index < -0.39 is 5.97 Å². The average Bonchev–Trinajstić information content (AvgIpc) is 2.91. The van der Waals surface area contributed by atoms with Crippen molar-refractivity contribution in [3.63, 3.8) is 0 Å². The molecule has 1 heterocycles. The van der Waals surface area contributed by atoms with Gasteiger partial charge in [-0.25, -0.2) is 0 Å². The summed E-state index contributed by atoms with van der Waals surface area (Å²) in [6.45, 7) is 0. The lowest BCUT2D eigenvalue weighted by Crippen LogP contribution is -2.11. The third-order valence-electron chi connectivity index (χ3n) is 3.83. The van der Waals surface area contributed by atoms with Crippen molar-refractivity contribution in [2.45, 2.75) is 6.42 Å². The van der Waals surface area contributed by atoms with Gasteiger partial charge in [0.05, 0.1) is 34.7 Å². The number of ether oxygens (including phenoxy) is 1. The van der Waals surface area contributed by atoms with Crippen LogP contribution in [0.2, 0.25) is 10.0 Å². The van der Waals surface area contributed by atoms with Crippen molar-refractivity contribution in [2.24, 2.45) is 0 Å². The van der Waals surface area contributed by atoms with Crippen LogP contribution in [0.25, 0.3) is 10.9 Å². The van der Waals surface area contributed by atoms with Crippen LogP contribution >= 0.6 is 23.2 Å². The molecule has 1 N–H and O–H groups in total. The van der Waals surface area contributed by atoms with Gasteiger partial charge in [0.15, 0.2) is 0 Å². The van der Waals surface area contributed by atoms with Gasteiger partial charge in [-0.3, -0.25) is 14.2 Å². The van der Waals surface area contributed by atoms with Crippen molar-refractivity contribution in [1.29, 1.82) is 0 Å². The molecule has 0 atom stereocenters. The van der Waals surface area contributed by atoms with Gasteiger partial charge in [-0.15, -0.1) is 0 Å². The lowest BCUT2D eigenvalue weighted by Gasteiger charge is -2.08. The zero-order valence-corrected chi connectivity index (χ0v) is 14.6. The first kappa shape index (κ1) is 17.3. The summed E-state index contributed by atoms with van der Waals surface area (Å²) in [5, 5.41) is 10.4. The first-order valence-electron chi connectivity index (χ1n) is 7.31. The van der Waals surface area contributed by atoms with Gasteiger partial charge >= 0.3 is 5.97 Å². The zero-order chi connectivity index (χ0) is 18.1. The topological polar surface area (TPSA) is 68.5 Å². The Bertz CT molecular complexity index is 994. The molecule has 0 saturated carbocycles. The molecule has 0 amide bonds. The second kappa shape index (κ2) is 6.78.